The molecule has 1 aromatic heterocycles. The first kappa shape index (κ1) is 13.1. The molecule has 2 fully saturated rings. The highest BCUT2D eigenvalue weighted by atomic mass is 15.3. The molecule has 1 aromatic rings. The van der Waals surface area contributed by atoms with Gasteiger partial charge in [-0.15, -0.1) is 0 Å². The van der Waals surface area contributed by atoms with E-state index in [2.05, 4.69) is 19.8 Å². The number of anilines is 2. The standard InChI is InChI=1S/C14H20N6/c15-8-11-9-17-14(18-13(11)16)20-7-4-12(10-20)19-5-2-1-3-6-19/h9,12H,1-7,10H2,(H2,16,17,18)/t12-/m1/s1. The van der Waals surface area contributed by atoms with E-state index >= 15 is 0 Å². The van der Waals surface area contributed by atoms with Crippen LogP contribution in [-0.4, -0.2) is 47.1 Å². The average molecular weight is 272 g/mol. The number of nitrogens with zero attached hydrogens (tertiary/aromatic N) is 5. The van der Waals surface area contributed by atoms with E-state index in [1.807, 2.05) is 6.07 Å². The predicted molar refractivity (Wildman–Crippen MR) is 77.2 cm³/mol. The van der Waals surface area contributed by atoms with Gasteiger partial charge in [0.05, 0.1) is 6.20 Å². The van der Waals surface area contributed by atoms with Gasteiger partial charge in [-0.25, -0.2) is 4.98 Å². The van der Waals surface area contributed by atoms with Crippen LogP contribution in [-0.2, 0) is 0 Å². The fraction of sp³-hybridized carbons (Fsp3) is 0.643. The Morgan fingerprint density at radius 1 is 1.25 bits per heavy atom. The van der Waals surface area contributed by atoms with Crippen LogP contribution < -0.4 is 10.6 Å². The van der Waals surface area contributed by atoms with E-state index in [1.54, 1.807) is 0 Å². The molecule has 1 atom stereocenters. The third-order valence-corrected chi connectivity index (χ3v) is 4.28. The van der Waals surface area contributed by atoms with Crippen LogP contribution in [0.1, 0.15) is 31.2 Å². The Morgan fingerprint density at radius 2 is 2.05 bits per heavy atom. The van der Waals surface area contributed by atoms with Crippen molar-refractivity contribution in [2.75, 3.05) is 36.8 Å². The average Bonchev–Trinajstić information content (AvgIpc) is 2.98. The van der Waals surface area contributed by atoms with E-state index in [0.717, 1.165) is 19.5 Å². The van der Waals surface area contributed by atoms with Crippen LogP contribution in [0.15, 0.2) is 6.20 Å². The van der Waals surface area contributed by atoms with Crippen LogP contribution in [0.25, 0.3) is 0 Å². The first-order valence-corrected chi connectivity index (χ1v) is 7.29. The molecule has 0 unspecified atom stereocenters. The van der Waals surface area contributed by atoms with Crippen molar-refractivity contribution in [2.24, 2.45) is 0 Å². The maximum Gasteiger partial charge on any atom is 0.227 e. The molecule has 0 bridgehead atoms. The van der Waals surface area contributed by atoms with Gasteiger partial charge in [-0.05, 0) is 32.4 Å². The summed E-state index contributed by atoms with van der Waals surface area (Å²) in [5.41, 5.74) is 6.11. The SMILES string of the molecule is N#Cc1cnc(N2CC[C@@H](N3CCCCC3)C2)nc1N. The van der Waals surface area contributed by atoms with Crippen molar-refractivity contribution in [3.8, 4) is 6.07 Å². The second kappa shape index (κ2) is 5.63. The number of aromatic nitrogens is 2. The quantitative estimate of drug-likeness (QED) is 0.864. The van der Waals surface area contributed by atoms with Gasteiger partial charge in [0.25, 0.3) is 0 Å². The van der Waals surface area contributed by atoms with Crippen LogP contribution >= 0.6 is 0 Å². The third-order valence-electron chi connectivity index (χ3n) is 4.28. The van der Waals surface area contributed by atoms with Crippen LogP contribution in [0, 0.1) is 11.3 Å². The number of nitriles is 1. The minimum atomic E-state index is 0.277. The van der Waals surface area contributed by atoms with Crippen molar-refractivity contribution in [1.29, 1.82) is 5.26 Å². The molecule has 0 saturated carbocycles. The lowest BCUT2D eigenvalue weighted by Crippen LogP contribution is -2.41. The highest BCUT2D eigenvalue weighted by Gasteiger charge is 2.29. The van der Waals surface area contributed by atoms with E-state index in [-0.39, 0.29) is 5.82 Å². The molecule has 0 amide bonds. The molecule has 106 valence electrons. The summed E-state index contributed by atoms with van der Waals surface area (Å²) in [6.07, 6.45) is 6.67. The summed E-state index contributed by atoms with van der Waals surface area (Å²) in [5.74, 6) is 0.930. The maximum absolute atomic E-state index is 8.86. The molecule has 20 heavy (non-hydrogen) atoms. The van der Waals surface area contributed by atoms with Crippen molar-refractivity contribution in [1.82, 2.24) is 14.9 Å². The van der Waals surface area contributed by atoms with E-state index in [9.17, 15) is 0 Å². The van der Waals surface area contributed by atoms with E-state index in [4.69, 9.17) is 11.0 Å². The summed E-state index contributed by atoms with van der Waals surface area (Å²) in [6, 6.07) is 2.60. The van der Waals surface area contributed by atoms with E-state index in [1.165, 1.54) is 38.5 Å². The molecule has 6 heteroatoms. The van der Waals surface area contributed by atoms with Gasteiger partial charge < -0.3 is 10.6 Å². The number of hydrogen-bond acceptors (Lipinski definition) is 6. The van der Waals surface area contributed by atoms with Crippen molar-refractivity contribution < 1.29 is 0 Å². The molecule has 0 aromatic carbocycles. The predicted octanol–water partition coefficient (Wildman–Crippen LogP) is 0.995. The minimum absolute atomic E-state index is 0.277. The second-order valence-electron chi connectivity index (χ2n) is 5.57. The summed E-state index contributed by atoms with van der Waals surface area (Å²) in [6.45, 7) is 4.36. The van der Waals surface area contributed by atoms with Gasteiger partial charge in [0, 0.05) is 19.1 Å². The summed E-state index contributed by atoms with van der Waals surface area (Å²) in [7, 11) is 0. The zero-order valence-electron chi connectivity index (χ0n) is 11.6. The molecule has 2 aliphatic rings. The van der Waals surface area contributed by atoms with Gasteiger partial charge in [0.2, 0.25) is 5.95 Å². The molecule has 3 heterocycles. The lowest BCUT2D eigenvalue weighted by Gasteiger charge is -2.32. The molecular weight excluding hydrogens is 252 g/mol. The number of likely N-dealkylation sites (tertiary alicyclic amines) is 1. The van der Waals surface area contributed by atoms with Crippen LogP contribution in [0.2, 0.25) is 0 Å². The highest BCUT2D eigenvalue weighted by Crippen LogP contribution is 2.23. The van der Waals surface area contributed by atoms with Crippen LogP contribution in [0.3, 0.4) is 0 Å². The number of nitrogens with two attached hydrogens (primary N) is 1. The van der Waals surface area contributed by atoms with Crippen molar-refractivity contribution in [2.45, 2.75) is 31.7 Å². The molecule has 6 nitrogen and oxygen atoms in total. The van der Waals surface area contributed by atoms with Gasteiger partial charge in [0.1, 0.15) is 17.5 Å². The molecule has 0 spiro atoms. The number of nitrogen functional groups attached to an aromatic ring is 1. The molecule has 2 N–H and O–H groups in total. The molecular formula is C14H20N6. The van der Waals surface area contributed by atoms with Gasteiger partial charge >= 0.3 is 0 Å². The Bertz CT molecular complexity index is 517. The van der Waals surface area contributed by atoms with Gasteiger partial charge in [0.15, 0.2) is 0 Å². The second-order valence-corrected chi connectivity index (χ2v) is 5.57. The Balaban J connectivity index is 1.67. The fourth-order valence-corrected chi connectivity index (χ4v) is 3.13. The fourth-order valence-electron chi connectivity index (χ4n) is 3.13. The minimum Gasteiger partial charge on any atom is -0.382 e. The zero-order chi connectivity index (χ0) is 13.9. The van der Waals surface area contributed by atoms with Gasteiger partial charge in [-0.3, -0.25) is 4.90 Å². The Morgan fingerprint density at radius 3 is 2.75 bits per heavy atom. The molecule has 0 aliphatic carbocycles. The smallest absolute Gasteiger partial charge is 0.227 e. The van der Waals surface area contributed by atoms with E-state index < -0.39 is 0 Å². The Labute approximate surface area is 119 Å². The topological polar surface area (TPSA) is 82.1 Å². The molecule has 3 rings (SSSR count). The van der Waals surface area contributed by atoms with Crippen molar-refractivity contribution >= 4 is 11.8 Å². The summed E-state index contributed by atoms with van der Waals surface area (Å²) in [5, 5.41) is 8.86. The Kier molecular flexibility index (Phi) is 3.70. The van der Waals surface area contributed by atoms with Crippen molar-refractivity contribution in [3.05, 3.63) is 11.8 Å². The lowest BCUT2D eigenvalue weighted by molar-refractivity contribution is 0.174. The summed E-state index contributed by atoms with van der Waals surface area (Å²) >= 11 is 0. The Hall–Kier alpha value is -1.87. The monoisotopic (exact) mass is 272 g/mol. The van der Waals surface area contributed by atoms with E-state index in [0.29, 0.717) is 17.6 Å². The maximum atomic E-state index is 8.86. The summed E-state index contributed by atoms with van der Waals surface area (Å²) < 4.78 is 0. The van der Waals surface area contributed by atoms with Gasteiger partial charge in [-0.2, -0.15) is 10.2 Å². The number of rotatable bonds is 2. The largest absolute Gasteiger partial charge is 0.382 e. The van der Waals surface area contributed by atoms with Crippen LogP contribution in [0.4, 0.5) is 11.8 Å². The van der Waals surface area contributed by atoms with Gasteiger partial charge in [-0.1, -0.05) is 6.42 Å². The highest BCUT2D eigenvalue weighted by molar-refractivity contribution is 5.50. The first-order valence-electron chi connectivity index (χ1n) is 7.29. The molecule has 0 radical (unpaired) electrons. The number of hydrogen-bond donors (Lipinski definition) is 1. The molecule has 2 saturated heterocycles. The molecule has 2 aliphatic heterocycles. The number of piperidine rings is 1. The summed E-state index contributed by atoms with van der Waals surface area (Å²) in [4.78, 5) is 13.3. The first-order chi connectivity index (χ1) is 9.78. The zero-order valence-corrected chi connectivity index (χ0v) is 11.6. The third kappa shape index (κ3) is 2.54. The lowest BCUT2D eigenvalue weighted by atomic mass is 10.1. The normalized spacial score (nSPS) is 23.8. The van der Waals surface area contributed by atoms with Crippen molar-refractivity contribution in [3.63, 3.8) is 0 Å². The van der Waals surface area contributed by atoms with Crippen LogP contribution in [0.5, 0.6) is 0 Å².